The third-order valence-corrected chi connectivity index (χ3v) is 8.37. The molecule has 3 aliphatic carbocycles. The van der Waals surface area contributed by atoms with Crippen LogP contribution in [0.3, 0.4) is 0 Å². The maximum atomic E-state index is 14.2. The van der Waals surface area contributed by atoms with Gasteiger partial charge in [-0.1, -0.05) is 66.2 Å². The summed E-state index contributed by atoms with van der Waals surface area (Å²) in [5, 5.41) is 0. The minimum atomic E-state index is -0.832. The van der Waals surface area contributed by atoms with E-state index in [-0.39, 0.29) is 23.7 Å². The predicted octanol–water partition coefficient (Wildman–Crippen LogP) is 6.57. The lowest BCUT2D eigenvalue weighted by molar-refractivity contribution is -0.128. The van der Waals surface area contributed by atoms with Crippen molar-refractivity contribution in [3.05, 3.63) is 125 Å². The van der Waals surface area contributed by atoms with E-state index >= 15 is 0 Å². The van der Waals surface area contributed by atoms with Crippen molar-refractivity contribution < 1.29 is 14.3 Å². The fourth-order valence-electron chi connectivity index (χ4n) is 6.77. The first kappa shape index (κ1) is 21.1. The number of imide groups is 1. The Morgan fingerprint density at radius 1 is 0.694 bits per heavy atom. The number of benzene rings is 4. The van der Waals surface area contributed by atoms with Crippen LogP contribution in [0.2, 0.25) is 0 Å². The van der Waals surface area contributed by atoms with Crippen LogP contribution in [0.25, 0.3) is 0 Å². The third-order valence-electron chi connectivity index (χ3n) is 8.37. The van der Waals surface area contributed by atoms with E-state index in [1.165, 1.54) is 27.2 Å². The molecule has 1 heterocycles. The van der Waals surface area contributed by atoms with Gasteiger partial charge in [0.25, 0.3) is 0 Å². The topological polar surface area (TPSA) is 46.6 Å². The molecule has 4 nitrogen and oxygen atoms in total. The van der Waals surface area contributed by atoms with Gasteiger partial charge >= 0.3 is 0 Å². The highest BCUT2D eigenvalue weighted by Gasteiger charge is 2.68. The van der Waals surface area contributed by atoms with Crippen LogP contribution in [0.1, 0.15) is 46.6 Å². The zero-order valence-corrected chi connectivity index (χ0v) is 20.1. The molecular formula is C32H25NO3. The van der Waals surface area contributed by atoms with E-state index in [2.05, 4.69) is 24.3 Å². The van der Waals surface area contributed by atoms with Crippen molar-refractivity contribution in [3.63, 3.8) is 0 Å². The zero-order valence-electron chi connectivity index (χ0n) is 20.1. The SMILES string of the molecule is Cc1ccc(Oc2ccc(N3C(=O)C4C5c6ccccc6C(c6ccccc65)C4(C)C3=O)cc2)cc1. The van der Waals surface area contributed by atoms with Crippen molar-refractivity contribution in [2.24, 2.45) is 11.3 Å². The zero-order chi connectivity index (χ0) is 24.6. The summed E-state index contributed by atoms with van der Waals surface area (Å²) < 4.78 is 5.96. The lowest BCUT2D eigenvalue weighted by atomic mass is 9.48. The summed E-state index contributed by atoms with van der Waals surface area (Å²) >= 11 is 0. The lowest BCUT2D eigenvalue weighted by Crippen LogP contribution is -2.49. The number of hydrogen-bond donors (Lipinski definition) is 0. The molecule has 4 aromatic carbocycles. The molecule has 36 heavy (non-hydrogen) atoms. The Hall–Kier alpha value is -4.18. The predicted molar refractivity (Wildman–Crippen MR) is 138 cm³/mol. The molecule has 0 spiro atoms. The monoisotopic (exact) mass is 471 g/mol. The van der Waals surface area contributed by atoms with E-state index in [4.69, 9.17) is 4.74 Å². The van der Waals surface area contributed by atoms with Gasteiger partial charge in [0.05, 0.1) is 17.0 Å². The molecule has 0 radical (unpaired) electrons. The van der Waals surface area contributed by atoms with Gasteiger partial charge in [-0.3, -0.25) is 9.59 Å². The summed E-state index contributed by atoms with van der Waals surface area (Å²) in [6.45, 7) is 4.03. The van der Waals surface area contributed by atoms with E-state index < -0.39 is 11.3 Å². The highest BCUT2D eigenvalue weighted by molar-refractivity contribution is 6.25. The van der Waals surface area contributed by atoms with E-state index in [1.807, 2.05) is 86.6 Å². The largest absolute Gasteiger partial charge is 0.457 e. The van der Waals surface area contributed by atoms with E-state index in [0.717, 1.165) is 11.3 Å². The van der Waals surface area contributed by atoms with Gasteiger partial charge < -0.3 is 4.74 Å². The molecule has 1 saturated heterocycles. The second-order valence-electron chi connectivity index (χ2n) is 10.3. The average molecular weight is 472 g/mol. The second kappa shape index (κ2) is 7.41. The highest BCUT2D eigenvalue weighted by atomic mass is 16.5. The normalized spacial score (nSPS) is 25.4. The number of ether oxygens (including phenoxy) is 1. The van der Waals surface area contributed by atoms with Crippen LogP contribution in [0.4, 0.5) is 5.69 Å². The summed E-state index contributed by atoms with van der Waals surface area (Å²) in [6, 6.07) is 31.7. The summed E-state index contributed by atoms with van der Waals surface area (Å²) in [7, 11) is 0. The molecule has 1 fully saturated rings. The molecule has 1 aliphatic heterocycles. The Morgan fingerprint density at radius 3 is 1.75 bits per heavy atom. The van der Waals surface area contributed by atoms with Gasteiger partial charge in [-0.2, -0.15) is 0 Å². The van der Waals surface area contributed by atoms with Crippen LogP contribution >= 0.6 is 0 Å². The first-order valence-electron chi connectivity index (χ1n) is 12.4. The van der Waals surface area contributed by atoms with Gasteiger partial charge in [0, 0.05) is 11.8 Å². The Labute approximate surface area is 210 Å². The number of carbonyl (C=O) groups is 2. The van der Waals surface area contributed by atoms with Gasteiger partial charge in [0.2, 0.25) is 11.8 Å². The summed E-state index contributed by atoms with van der Waals surface area (Å²) in [4.78, 5) is 29.6. The Bertz CT molecular complexity index is 1490. The molecule has 0 N–H and O–H groups in total. The first-order chi connectivity index (χ1) is 17.5. The number of amides is 2. The molecule has 4 aliphatic rings. The van der Waals surface area contributed by atoms with Gasteiger partial charge in [0.15, 0.2) is 0 Å². The molecule has 2 atom stereocenters. The van der Waals surface area contributed by atoms with Crippen molar-refractivity contribution in [2.45, 2.75) is 25.7 Å². The van der Waals surface area contributed by atoms with Crippen LogP contribution in [0.15, 0.2) is 97.1 Å². The quantitative estimate of drug-likeness (QED) is 0.317. The molecule has 0 saturated carbocycles. The molecule has 0 aromatic heterocycles. The Balaban J connectivity index is 1.28. The Morgan fingerprint density at radius 2 is 1.19 bits per heavy atom. The smallest absolute Gasteiger partial charge is 0.241 e. The molecule has 4 heteroatoms. The first-order valence-corrected chi connectivity index (χ1v) is 12.4. The maximum absolute atomic E-state index is 14.2. The Kier molecular flexibility index (Phi) is 4.35. The fraction of sp³-hybridized carbons (Fsp3) is 0.188. The summed E-state index contributed by atoms with van der Waals surface area (Å²) in [6.07, 6.45) is 0. The third kappa shape index (κ3) is 2.70. The highest BCUT2D eigenvalue weighted by Crippen LogP contribution is 2.67. The minimum Gasteiger partial charge on any atom is -0.457 e. The van der Waals surface area contributed by atoms with Crippen molar-refractivity contribution in [1.82, 2.24) is 0 Å². The summed E-state index contributed by atoms with van der Waals surface area (Å²) in [5.41, 5.74) is 5.61. The number of nitrogens with zero attached hydrogens (tertiary/aromatic N) is 1. The molecular weight excluding hydrogens is 446 g/mol. The number of hydrogen-bond acceptors (Lipinski definition) is 3. The standard InChI is InChI=1S/C32H25NO3/c1-19-11-15-21(16-12-19)36-22-17-13-20(14-18-22)33-30(34)29-27-23-7-3-5-9-25(23)28(32(29,2)31(33)35)26-10-6-4-8-24(26)27/h3-18,27-29H,1-2H3. The van der Waals surface area contributed by atoms with Crippen LogP contribution in [0.5, 0.6) is 11.5 Å². The molecule has 176 valence electrons. The molecule has 2 amide bonds. The number of aryl methyl sites for hydroxylation is 1. The van der Waals surface area contributed by atoms with Gasteiger partial charge in [-0.05, 0) is 72.5 Å². The average Bonchev–Trinajstić information content (AvgIpc) is 3.11. The minimum absolute atomic E-state index is 0.117. The number of anilines is 1. The van der Waals surface area contributed by atoms with Crippen LogP contribution in [-0.4, -0.2) is 11.8 Å². The van der Waals surface area contributed by atoms with Crippen LogP contribution in [0, 0.1) is 18.3 Å². The van der Waals surface area contributed by atoms with Gasteiger partial charge in [0.1, 0.15) is 11.5 Å². The van der Waals surface area contributed by atoms with Gasteiger partial charge in [-0.15, -0.1) is 0 Å². The fourth-order valence-corrected chi connectivity index (χ4v) is 6.77. The molecule has 4 aromatic rings. The van der Waals surface area contributed by atoms with Gasteiger partial charge in [-0.25, -0.2) is 4.90 Å². The van der Waals surface area contributed by atoms with E-state index in [0.29, 0.717) is 11.4 Å². The molecule has 2 bridgehead atoms. The van der Waals surface area contributed by atoms with Crippen molar-refractivity contribution in [1.29, 1.82) is 0 Å². The molecule has 2 unspecified atom stereocenters. The maximum Gasteiger partial charge on any atom is 0.241 e. The lowest BCUT2D eigenvalue weighted by Gasteiger charge is -2.51. The van der Waals surface area contributed by atoms with Crippen LogP contribution in [-0.2, 0) is 9.59 Å². The van der Waals surface area contributed by atoms with Crippen LogP contribution < -0.4 is 9.64 Å². The van der Waals surface area contributed by atoms with E-state index in [1.54, 1.807) is 0 Å². The number of carbonyl (C=O) groups excluding carboxylic acids is 2. The van der Waals surface area contributed by atoms with E-state index in [9.17, 15) is 9.59 Å². The summed E-state index contributed by atoms with van der Waals surface area (Å²) in [5.74, 6) is 0.460. The number of rotatable bonds is 3. The van der Waals surface area contributed by atoms with Crippen molar-refractivity contribution in [2.75, 3.05) is 4.90 Å². The second-order valence-corrected chi connectivity index (χ2v) is 10.3. The van der Waals surface area contributed by atoms with Crippen molar-refractivity contribution in [3.8, 4) is 11.5 Å². The molecule has 8 rings (SSSR count). The van der Waals surface area contributed by atoms with Crippen molar-refractivity contribution >= 4 is 17.5 Å².